The Morgan fingerprint density at radius 1 is 1.06 bits per heavy atom. The summed E-state index contributed by atoms with van der Waals surface area (Å²) in [5.41, 5.74) is 0. The van der Waals surface area contributed by atoms with E-state index in [1.165, 1.54) is 6.07 Å². The summed E-state index contributed by atoms with van der Waals surface area (Å²) in [6.45, 7) is 0. The molecule has 0 saturated heterocycles. The summed E-state index contributed by atoms with van der Waals surface area (Å²) in [6, 6.07) is 2.47. The lowest BCUT2D eigenvalue weighted by Gasteiger charge is -2.02. The SMILES string of the molecule is O=S(=O)(Cl)c1cc(Cl)cc(Cl)c1Cl.O=S(Cl)Cl. The highest BCUT2D eigenvalue weighted by Crippen LogP contribution is 2.34. The summed E-state index contributed by atoms with van der Waals surface area (Å²) in [5, 5.41) is 0.0862. The van der Waals surface area contributed by atoms with Gasteiger partial charge in [-0.05, 0) is 12.1 Å². The van der Waals surface area contributed by atoms with Crippen molar-refractivity contribution in [2.24, 2.45) is 0 Å². The molecule has 0 aliphatic rings. The minimum Gasteiger partial charge on any atom is -0.225 e. The molecule has 98 valence electrons. The third-order valence-corrected chi connectivity index (χ3v) is 3.70. The van der Waals surface area contributed by atoms with Crippen LogP contribution in [0.1, 0.15) is 0 Å². The van der Waals surface area contributed by atoms with Gasteiger partial charge in [0.25, 0.3) is 9.05 Å². The topological polar surface area (TPSA) is 51.2 Å². The quantitative estimate of drug-likeness (QED) is 0.512. The normalized spacial score (nSPS) is 11.0. The molecule has 0 unspecified atom stereocenters. The molecule has 1 aromatic carbocycles. The third-order valence-electron chi connectivity index (χ3n) is 1.22. The fourth-order valence-electron chi connectivity index (χ4n) is 0.710. The van der Waals surface area contributed by atoms with E-state index in [1.54, 1.807) is 0 Å². The molecule has 0 aromatic heterocycles. The molecule has 11 heteroatoms. The summed E-state index contributed by atoms with van der Waals surface area (Å²) >= 11 is 16.7. The molecule has 0 heterocycles. The Bertz CT molecular complexity index is 525. The monoisotopic (exact) mass is 396 g/mol. The molecule has 0 saturated carbocycles. The largest absolute Gasteiger partial charge is 0.262 e. The van der Waals surface area contributed by atoms with Gasteiger partial charge in [0.05, 0.1) is 10.0 Å². The van der Waals surface area contributed by atoms with Crippen LogP contribution in [0, 0.1) is 0 Å². The Labute approximate surface area is 129 Å². The van der Waals surface area contributed by atoms with Crippen molar-refractivity contribution < 1.29 is 12.6 Å². The summed E-state index contributed by atoms with van der Waals surface area (Å²) < 4.78 is 30.9. The van der Waals surface area contributed by atoms with Crippen molar-refractivity contribution in [3.63, 3.8) is 0 Å². The van der Waals surface area contributed by atoms with Gasteiger partial charge in [0.15, 0.2) is 0 Å². The highest BCUT2D eigenvalue weighted by atomic mass is 36.0. The van der Waals surface area contributed by atoms with Crippen molar-refractivity contribution in [1.29, 1.82) is 0 Å². The van der Waals surface area contributed by atoms with Crippen molar-refractivity contribution in [3.05, 3.63) is 27.2 Å². The van der Waals surface area contributed by atoms with Crippen molar-refractivity contribution >= 4 is 85.1 Å². The lowest BCUT2D eigenvalue weighted by atomic mass is 10.4. The second-order valence-electron chi connectivity index (χ2n) is 2.32. The van der Waals surface area contributed by atoms with E-state index in [-0.39, 0.29) is 20.0 Å². The molecule has 0 spiro atoms. The first-order valence-corrected chi connectivity index (χ1v) is 9.63. The van der Waals surface area contributed by atoms with E-state index in [9.17, 15) is 8.42 Å². The molecule has 0 bridgehead atoms. The Morgan fingerprint density at radius 2 is 1.47 bits per heavy atom. The zero-order valence-corrected chi connectivity index (χ0v) is 13.6. The van der Waals surface area contributed by atoms with Crippen LogP contribution in [0.15, 0.2) is 17.0 Å². The first-order chi connectivity index (χ1) is 7.55. The summed E-state index contributed by atoms with van der Waals surface area (Å²) in [6.07, 6.45) is 0. The molecule has 0 atom stereocenters. The zero-order valence-electron chi connectivity index (χ0n) is 7.46. The molecule has 0 radical (unpaired) electrons. The van der Waals surface area contributed by atoms with Gasteiger partial charge < -0.3 is 0 Å². The second kappa shape index (κ2) is 7.60. The van der Waals surface area contributed by atoms with E-state index in [2.05, 4.69) is 21.4 Å². The molecule has 0 fully saturated rings. The summed E-state index contributed by atoms with van der Waals surface area (Å²) in [7, 11) is 8.53. The molecular formula is C6H2Cl6O3S2. The van der Waals surface area contributed by atoms with Crippen molar-refractivity contribution in [2.75, 3.05) is 0 Å². The van der Waals surface area contributed by atoms with Crippen LogP contribution in [0.5, 0.6) is 0 Å². The van der Waals surface area contributed by atoms with E-state index < -0.39 is 18.3 Å². The molecule has 0 aliphatic heterocycles. The fourth-order valence-corrected chi connectivity index (χ4v) is 2.81. The van der Waals surface area contributed by atoms with Gasteiger partial charge in [-0.25, -0.2) is 12.6 Å². The van der Waals surface area contributed by atoms with Crippen LogP contribution in [0.25, 0.3) is 0 Å². The predicted molar refractivity (Wildman–Crippen MR) is 74.4 cm³/mol. The van der Waals surface area contributed by atoms with Crippen LogP contribution in [0.3, 0.4) is 0 Å². The maximum absolute atomic E-state index is 10.9. The zero-order chi connectivity index (χ0) is 13.8. The molecule has 1 aromatic rings. The predicted octanol–water partition coefficient (Wildman–Crippen LogP) is 4.62. The Hall–Kier alpha value is 1.06. The van der Waals surface area contributed by atoms with Gasteiger partial charge >= 0.3 is 0 Å². The van der Waals surface area contributed by atoms with Gasteiger partial charge in [0.1, 0.15) is 4.90 Å². The van der Waals surface area contributed by atoms with Crippen LogP contribution in [0.2, 0.25) is 15.1 Å². The molecule has 1 rings (SSSR count). The Balaban J connectivity index is 0.000000557. The van der Waals surface area contributed by atoms with Gasteiger partial charge in [0, 0.05) is 37.1 Å². The number of hydrogen-bond acceptors (Lipinski definition) is 3. The van der Waals surface area contributed by atoms with Crippen LogP contribution in [-0.4, -0.2) is 12.6 Å². The smallest absolute Gasteiger partial charge is 0.225 e. The maximum atomic E-state index is 10.9. The fraction of sp³-hybridized carbons (Fsp3) is 0. The van der Waals surface area contributed by atoms with E-state index in [4.69, 9.17) is 49.7 Å². The Kier molecular flexibility index (Phi) is 8.08. The van der Waals surface area contributed by atoms with Crippen LogP contribution < -0.4 is 0 Å². The summed E-state index contributed by atoms with van der Waals surface area (Å²) in [5.74, 6) is 0. The van der Waals surface area contributed by atoms with E-state index >= 15 is 0 Å². The number of rotatable bonds is 1. The van der Waals surface area contributed by atoms with Crippen LogP contribution in [-0.2, 0) is 18.3 Å². The third kappa shape index (κ3) is 7.28. The first kappa shape index (κ1) is 18.1. The Morgan fingerprint density at radius 3 is 1.82 bits per heavy atom. The summed E-state index contributed by atoms with van der Waals surface area (Å²) in [4.78, 5) is -0.284. The molecule has 0 N–H and O–H groups in total. The van der Waals surface area contributed by atoms with E-state index in [1.807, 2.05) is 0 Å². The molecule has 0 amide bonds. The van der Waals surface area contributed by atoms with Crippen molar-refractivity contribution in [3.8, 4) is 0 Å². The van der Waals surface area contributed by atoms with E-state index in [0.717, 1.165) is 6.07 Å². The maximum Gasteiger partial charge on any atom is 0.262 e. The highest BCUT2D eigenvalue weighted by molar-refractivity contribution is 8.26. The molecule has 0 aliphatic carbocycles. The minimum absolute atomic E-state index is 0.0494. The van der Waals surface area contributed by atoms with Crippen LogP contribution in [0.4, 0.5) is 0 Å². The van der Waals surface area contributed by atoms with Gasteiger partial charge in [0.2, 0.25) is 9.23 Å². The standard InChI is InChI=1S/C6H2Cl4O2S.Cl2OS/c7-3-1-4(8)6(9)5(2-3)13(10,11)12;1-4(2)3/h1-2H;. The van der Waals surface area contributed by atoms with Gasteiger partial charge in [-0.2, -0.15) is 0 Å². The average Bonchev–Trinajstić information content (AvgIpc) is 2.08. The highest BCUT2D eigenvalue weighted by Gasteiger charge is 2.17. The first-order valence-electron chi connectivity index (χ1n) is 3.39. The number of benzene rings is 1. The van der Waals surface area contributed by atoms with Crippen LogP contribution >= 0.6 is 66.8 Å². The second-order valence-corrected chi connectivity index (χ2v) is 8.60. The lowest BCUT2D eigenvalue weighted by molar-refractivity contribution is 0.609. The van der Waals surface area contributed by atoms with E-state index in [0.29, 0.717) is 0 Å². The molecule has 17 heavy (non-hydrogen) atoms. The van der Waals surface area contributed by atoms with Gasteiger partial charge in [-0.3, -0.25) is 0 Å². The van der Waals surface area contributed by atoms with Crippen molar-refractivity contribution in [2.45, 2.75) is 4.90 Å². The number of hydrogen-bond donors (Lipinski definition) is 0. The average molecular weight is 399 g/mol. The molecular weight excluding hydrogens is 397 g/mol. The van der Waals surface area contributed by atoms with Gasteiger partial charge in [-0.15, -0.1) is 0 Å². The minimum atomic E-state index is -3.91. The van der Waals surface area contributed by atoms with Gasteiger partial charge in [-0.1, -0.05) is 34.8 Å². The number of halogens is 6. The molecule has 3 nitrogen and oxygen atoms in total. The van der Waals surface area contributed by atoms with Crippen molar-refractivity contribution in [1.82, 2.24) is 0 Å². The lowest BCUT2D eigenvalue weighted by Crippen LogP contribution is -1.92.